The first-order valence-corrected chi connectivity index (χ1v) is 4.97. The van der Waals surface area contributed by atoms with Crippen LogP contribution in [0.3, 0.4) is 0 Å². The van der Waals surface area contributed by atoms with E-state index in [1.807, 2.05) is 0 Å². The van der Waals surface area contributed by atoms with Crippen molar-refractivity contribution in [2.45, 2.75) is 0 Å². The molecule has 0 saturated heterocycles. The molecule has 0 aliphatic heterocycles. The van der Waals surface area contributed by atoms with Gasteiger partial charge in [-0.2, -0.15) is 10.9 Å². The molecule has 2 aromatic heterocycles. The Morgan fingerprint density at radius 1 is 1.33 bits per heavy atom. The van der Waals surface area contributed by atoms with Crippen LogP contribution < -0.4 is 21.6 Å². The molecule has 0 amide bonds. The molecule has 0 bridgehead atoms. The third-order valence-electron chi connectivity index (χ3n) is 2.22. The van der Waals surface area contributed by atoms with E-state index >= 15 is 0 Å². The molecule has 18 heavy (non-hydrogen) atoms. The monoisotopic (exact) mass is 249 g/mol. The minimum atomic E-state index is -0.436. The molecule has 0 saturated carbocycles. The molecule has 0 radical (unpaired) electrons. The fourth-order valence-electron chi connectivity index (χ4n) is 1.50. The lowest BCUT2D eigenvalue weighted by atomic mass is 10.3. The van der Waals surface area contributed by atoms with E-state index in [9.17, 15) is 10.3 Å². The van der Waals surface area contributed by atoms with E-state index in [2.05, 4.69) is 27.0 Å². The van der Waals surface area contributed by atoms with Crippen LogP contribution in [-0.4, -0.2) is 20.1 Å². The Labute approximate surface area is 101 Å². The molecule has 9 heteroatoms. The summed E-state index contributed by atoms with van der Waals surface area (Å²) in [5.74, 6) is 6.81. The minimum Gasteiger partial charge on any atom is -0.857 e. The average Bonchev–Trinajstić information content (AvgIpc) is 2.97. The van der Waals surface area contributed by atoms with Crippen LogP contribution in [-0.2, 0) is 0 Å². The molecule has 0 unspecified atom stereocenters. The first-order chi connectivity index (χ1) is 8.75. The zero-order valence-electron chi connectivity index (χ0n) is 9.28. The van der Waals surface area contributed by atoms with Crippen molar-refractivity contribution in [3.8, 4) is 11.7 Å². The molecule has 1 aromatic carbocycles. The standard InChI is InChI=1S/C9H7N5O2.H4N2/c15-9-5-8(10-11-9)13-12-6-3-1-2-4-7(6)14(13)16;1-2/h1-5H,(H2,10,11,15);1-2H2. The molecule has 9 nitrogen and oxygen atoms in total. The Balaban J connectivity index is 0.000000574. The topological polar surface area (TPSA) is 150 Å². The van der Waals surface area contributed by atoms with Crippen molar-refractivity contribution in [3.63, 3.8) is 0 Å². The van der Waals surface area contributed by atoms with E-state index in [4.69, 9.17) is 0 Å². The summed E-state index contributed by atoms with van der Waals surface area (Å²) in [5, 5.41) is 32.6. The lowest BCUT2D eigenvalue weighted by Crippen LogP contribution is -2.59. The third-order valence-corrected chi connectivity index (χ3v) is 2.22. The molecule has 3 rings (SSSR count). The van der Waals surface area contributed by atoms with Gasteiger partial charge in [-0.05, 0) is 12.1 Å². The van der Waals surface area contributed by atoms with Gasteiger partial charge in [-0.25, -0.2) is 0 Å². The van der Waals surface area contributed by atoms with Gasteiger partial charge in [-0.3, -0.25) is 10.9 Å². The van der Waals surface area contributed by atoms with Crippen molar-refractivity contribution in [3.05, 3.63) is 35.5 Å². The molecule has 6 N–H and O–H groups in total. The van der Waals surface area contributed by atoms with Crippen molar-refractivity contribution < 1.29 is 15.8 Å². The van der Waals surface area contributed by atoms with Crippen LogP contribution in [0.2, 0.25) is 0 Å². The number of nitrogens with two attached hydrogens (primary N) is 1. The van der Waals surface area contributed by atoms with Crippen molar-refractivity contribution in [1.82, 2.24) is 20.1 Å². The fourth-order valence-corrected chi connectivity index (χ4v) is 1.50. The van der Waals surface area contributed by atoms with Gasteiger partial charge in [0.2, 0.25) is 16.9 Å². The van der Waals surface area contributed by atoms with E-state index in [-0.39, 0.29) is 5.82 Å². The highest BCUT2D eigenvalue weighted by molar-refractivity contribution is 5.70. The first-order valence-electron chi connectivity index (χ1n) is 4.97. The Bertz CT molecular complexity index is 660. The van der Waals surface area contributed by atoms with Crippen molar-refractivity contribution in [1.29, 1.82) is 0 Å². The maximum Gasteiger partial charge on any atom is 0.250 e. The van der Waals surface area contributed by atoms with Crippen molar-refractivity contribution in [2.75, 3.05) is 0 Å². The third kappa shape index (κ3) is 1.83. The summed E-state index contributed by atoms with van der Waals surface area (Å²) in [6, 6.07) is 8.11. The summed E-state index contributed by atoms with van der Waals surface area (Å²) >= 11 is 0. The molecule has 0 spiro atoms. The van der Waals surface area contributed by atoms with Crippen LogP contribution in [0.5, 0.6) is 5.88 Å². The molecular weight excluding hydrogens is 238 g/mol. The van der Waals surface area contributed by atoms with Gasteiger partial charge in [0.15, 0.2) is 0 Å². The highest BCUT2D eigenvalue weighted by atomic mass is 16.5. The average molecular weight is 249 g/mol. The number of benzene rings is 1. The van der Waals surface area contributed by atoms with E-state index < -0.39 is 5.88 Å². The summed E-state index contributed by atoms with van der Waals surface area (Å²) in [6.45, 7) is 0. The Morgan fingerprint density at radius 3 is 2.67 bits per heavy atom. The zero-order valence-corrected chi connectivity index (χ0v) is 9.28. The number of quaternary nitrogens is 1. The molecule has 3 aromatic rings. The molecule has 0 aliphatic rings. The summed E-state index contributed by atoms with van der Waals surface area (Å²) in [4.78, 5) is 1.65. The zero-order chi connectivity index (χ0) is 13.1. The molecule has 0 atom stereocenters. The van der Waals surface area contributed by atoms with Crippen molar-refractivity contribution in [2.24, 2.45) is 5.84 Å². The number of rotatable bonds is 1. The number of nitrogens with zero attached hydrogens (tertiary/aromatic N) is 4. The number of nitrogens with one attached hydrogen (secondary N) is 1. The van der Waals surface area contributed by atoms with E-state index in [0.29, 0.717) is 15.9 Å². The van der Waals surface area contributed by atoms with Crippen LogP contribution in [0.15, 0.2) is 30.3 Å². The SMILES string of the molecule is N[NH3+].[O-]c1cc(-n2nc3ccccc3[n+]2[O-])[nH]n1. The molecular formula is C9H11N7O2. The molecule has 94 valence electrons. The number of aromatic nitrogens is 5. The van der Waals surface area contributed by atoms with Crippen LogP contribution in [0.4, 0.5) is 0 Å². The highest BCUT2D eigenvalue weighted by Crippen LogP contribution is 2.10. The van der Waals surface area contributed by atoms with Gasteiger partial charge < -0.3 is 10.3 Å². The highest BCUT2D eigenvalue weighted by Gasteiger charge is 2.15. The Kier molecular flexibility index (Phi) is 3.08. The summed E-state index contributed by atoms with van der Waals surface area (Å²) < 4.78 is 0. The smallest absolute Gasteiger partial charge is 0.250 e. The van der Waals surface area contributed by atoms with Crippen LogP contribution in [0.25, 0.3) is 16.9 Å². The second kappa shape index (κ2) is 4.69. The number of aromatic amines is 1. The Morgan fingerprint density at radius 2 is 2.06 bits per heavy atom. The van der Waals surface area contributed by atoms with Gasteiger partial charge in [0.05, 0.1) is 5.10 Å². The summed E-state index contributed by atoms with van der Waals surface area (Å²) in [6.07, 6.45) is 0. The van der Waals surface area contributed by atoms with Crippen LogP contribution >= 0.6 is 0 Å². The van der Waals surface area contributed by atoms with Gasteiger partial charge in [0, 0.05) is 16.7 Å². The number of hydrogen-bond acceptors (Lipinski definition) is 5. The minimum absolute atomic E-state index is 0.246. The van der Waals surface area contributed by atoms with E-state index in [1.165, 1.54) is 6.07 Å². The second-order valence-electron chi connectivity index (χ2n) is 3.24. The van der Waals surface area contributed by atoms with Crippen LogP contribution in [0, 0.1) is 5.21 Å². The van der Waals surface area contributed by atoms with Gasteiger partial charge >= 0.3 is 0 Å². The number of H-pyrrole nitrogens is 1. The predicted octanol–water partition coefficient (Wildman–Crippen LogP) is -2.44. The quantitative estimate of drug-likeness (QED) is 0.189. The molecule has 0 fully saturated rings. The maximum atomic E-state index is 11.8. The van der Waals surface area contributed by atoms with Gasteiger partial charge in [0.25, 0.3) is 0 Å². The number of fused-ring (bicyclic) bond motifs is 1. The summed E-state index contributed by atoms with van der Waals surface area (Å²) in [5.41, 5.74) is 0.990. The largest absolute Gasteiger partial charge is 0.857 e. The number of hydrogen-bond donors (Lipinski definition) is 3. The summed E-state index contributed by atoms with van der Waals surface area (Å²) in [7, 11) is 0. The predicted molar refractivity (Wildman–Crippen MR) is 58.7 cm³/mol. The van der Waals surface area contributed by atoms with E-state index in [0.717, 1.165) is 4.80 Å². The van der Waals surface area contributed by atoms with Gasteiger partial charge in [0.1, 0.15) is 0 Å². The van der Waals surface area contributed by atoms with Gasteiger partial charge in [-0.15, -0.1) is 4.85 Å². The van der Waals surface area contributed by atoms with Crippen molar-refractivity contribution >= 4 is 11.0 Å². The fraction of sp³-hybridized carbons (Fsp3) is 0. The van der Waals surface area contributed by atoms with E-state index in [1.54, 1.807) is 24.3 Å². The number of para-hydroxylation sites is 1. The van der Waals surface area contributed by atoms with Gasteiger partial charge in [-0.1, -0.05) is 12.1 Å². The maximum absolute atomic E-state index is 11.8. The lowest BCUT2D eigenvalue weighted by Gasteiger charge is -2.00. The lowest BCUT2D eigenvalue weighted by molar-refractivity contribution is -0.665. The normalized spacial score (nSPS) is 10.1. The van der Waals surface area contributed by atoms with Crippen LogP contribution in [0.1, 0.15) is 0 Å². The molecule has 2 heterocycles. The second-order valence-corrected chi connectivity index (χ2v) is 3.24. The Hall–Kier alpha value is -2.65. The first kappa shape index (κ1) is 11.8. The molecule has 0 aliphatic carbocycles.